The monoisotopic (exact) mass is 258 g/mol. The lowest BCUT2D eigenvalue weighted by atomic mass is 9.89. The molecule has 0 rings (SSSR count). The van der Waals surface area contributed by atoms with Gasteiger partial charge in [-0.3, -0.25) is 0 Å². The van der Waals surface area contributed by atoms with Gasteiger partial charge in [-0.05, 0) is 24.0 Å². The van der Waals surface area contributed by atoms with Crippen molar-refractivity contribution in [2.24, 2.45) is 5.41 Å². The molecule has 0 bridgehead atoms. The van der Waals surface area contributed by atoms with E-state index in [-0.39, 0.29) is 0 Å². The first kappa shape index (κ1) is 17.4. The number of hydrogen-bond donors (Lipinski definition) is 1. The Morgan fingerprint density at radius 1 is 0.588 bits per heavy atom. The first-order chi connectivity index (χ1) is 8.06. The quantitative estimate of drug-likeness (QED) is 0.328. The summed E-state index contributed by atoms with van der Waals surface area (Å²) in [4.78, 5) is 0. The van der Waals surface area contributed by atoms with Crippen molar-refractivity contribution in [2.45, 2.75) is 91.4 Å². The Morgan fingerprint density at radius 2 is 0.941 bits per heavy atom. The predicted octanol–water partition coefficient (Wildman–Crippen LogP) is 6.25. The molecule has 0 unspecified atom stereocenters. The molecule has 0 aliphatic heterocycles. The third kappa shape index (κ3) is 16.4. The third-order valence-electron chi connectivity index (χ3n) is 3.33. The van der Waals surface area contributed by atoms with E-state index < -0.39 is 0 Å². The molecule has 0 saturated carbocycles. The lowest BCUT2D eigenvalue weighted by Crippen LogP contribution is -2.03. The molecule has 0 atom stereocenters. The fourth-order valence-electron chi connectivity index (χ4n) is 2.18. The van der Waals surface area contributed by atoms with Crippen LogP contribution in [0.2, 0.25) is 0 Å². The Bertz CT molecular complexity index is 146. The van der Waals surface area contributed by atoms with Crippen molar-refractivity contribution in [1.82, 2.24) is 0 Å². The van der Waals surface area contributed by atoms with Crippen LogP contribution in [0.4, 0.5) is 0 Å². The van der Waals surface area contributed by atoms with Gasteiger partial charge in [-0.15, -0.1) is 0 Å². The molecule has 0 fully saturated rings. The van der Waals surface area contributed by atoms with Gasteiger partial charge in [-0.2, -0.15) is 12.6 Å². The summed E-state index contributed by atoms with van der Waals surface area (Å²) in [5, 5.41) is 0. The topological polar surface area (TPSA) is 0 Å². The lowest BCUT2D eigenvalue weighted by Gasteiger charge is -2.17. The van der Waals surface area contributed by atoms with Gasteiger partial charge in [0.25, 0.3) is 0 Å². The summed E-state index contributed by atoms with van der Waals surface area (Å²) < 4.78 is 0. The maximum Gasteiger partial charge on any atom is -0.00979 e. The number of thiol groups is 1. The van der Waals surface area contributed by atoms with E-state index in [4.69, 9.17) is 0 Å². The average Bonchev–Trinajstić information content (AvgIpc) is 2.24. The van der Waals surface area contributed by atoms with E-state index in [0.29, 0.717) is 5.41 Å². The van der Waals surface area contributed by atoms with Gasteiger partial charge in [-0.25, -0.2) is 0 Å². The molecule has 0 heterocycles. The molecule has 0 spiro atoms. The molecule has 0 radical (unpaired) electrons. The van der Waals surface area contributed by atoms with Crippen LogP contribution in [0.15, 0.2) is 0 Å². The van der Waals surface area contributed by atoms with E-state index in [0.717, 1.165) is 5.75 Å². The highest BCUT2D eigenvalue weighted by atomic mass is 32.1. The first-order valence-corrected chi connectivity index (χ1v) is 8.30. The van der Waals surface area contributed by atoms with E-state index in [1.54, 1.807) is 0 Å². The van der Waals surface area contributed by atoms with Gasteiger partial charge in [0, 0.05) is 0 Å². The fourth-order valence-corrected chi connectivity index (χ4v) is 2.40. The van der Waals surface area contributed by atoms with Gasteiger partial charge in [0.2, 0.25) is 0 Å². The van der Waals surface area contributed by atoms with Crippen LogP contribution >= 0.6 is 12.6 Å². The zero-order chi connectivity index (χ0) is 13.0. The highest BCUT2D eigenvalue weighted by Gasteiger charge is 2.08. The fraction of sp³-hybridized carbons (Fsp3) is 1.00. The van der Waals surface area contributed by atoms with Gasteiger partial charge in [0.1, 0.15) is 0 Å². The van der Waals surface area contributed by atoms with Crippen molar-refractivity contribution in [3.8, 4) is 0 Å². The lowest BCUT2D eigenvalue weighted by molar-refractivity contribution is 0.356. The van der Waals surface area contributed by atoms with Crippen LogP contribution < -0.4 is 0 Å². The van der Waals surface area contributed by atoms with Crippen LogP contribution in [-0.4, -0.2) is 5.75 Å². The normalized spacial score (nSPS) is 12.0. The van der Waals surface area contributed by atoms with Crippen molar-refractivity contribution in [2.75, 3.05) is 5.75 Å². The molecule has 17 heavy (non-hydrogen) atoms. The number of rotatable bonds is 11. The second-order valence-corrected chi connectivity index (χ2v) is 7.02. The number of hydrogen-bond acceptors (Lipinski definition) is 1. The highest BCUT2D eigenvalue weighted by molar-refractivity contribution is 7.80. The molecular weight excluding hydrogens is 224 g/mol. The summed E-state index contributed by atoms with van der Waals surface area (Å²) in [6, 6.07) is 0. The van der Waals surface area contributed by atoms with Gasteiger partial charge in [0.05, 0.1) is 0 Å². The number of unbranched alkanes of at least 4 members (excludes halogenated alkanes) is 9. The van der Waals surface area contributed by atoms with Gasteiger partial charge in [-0.1, -0.05) is 78.6 Å². The summed E-state index contributed by atoms with van der Waals surface area (Å²) in [5.74, 6) is 1.06. The Morgan fingerprint density at radius 3 is 1.29 bits per heavy atom. The minimum absolute atomic E-state index is 0.535. The van der Waals surface area contributed by atoms with E-state index in [9.17, 15) is 0 Å². The molecule has 1 heteroatoms. The Balaban J connectivity index is 2.99. The largest absolute Gasteiger partial charge is 0.179 e. The molecule has 0 aliphatic carbocycles. The second-order valence-electron chi connectivity index (χ2n) is 6.57. The van der Waals surface area contributed by atoms with Gasteiger partial charge >= 0.3 is 0 Å². The molecular formula is C16H34S. The first-order valence-electron chi connectivity index (χ1n) is 7.67. The third-order valence-corrected chi connectivity index (χ3v) is 3.65. The molecule has 0 saturated heterocycles. The van der Waals surface area contributed by atoms with Crippen LogP contribution in [0.25, 0.3) is 0 Å². The maximum absolute atomic E-state index is 4.23. The molecule has 104 valence electrons. The highest BCUT2D eigenvalue weighted by Crippen LogP contribution is 2.22. The molecule has 0 nitrogen and oxygen atoms in total. The van der Waals surface area contributed by atoms with Crippen molar-refractivity contribution in [1.29, 1.82) is 0 Å². The van der Waals surface area contributed by atoms with Crippen LogP contribution in [0.1, 0.15) is 91.4 Å². The SMILES string of the molecule is CC(C)(C)CCCCCCCCCCCCS. The minimum Gasteiger partial charge on any atom is -0.179 e. The van der Waals surface area contributed by atoms with E-state index >= 15 is 0 Å². The van der Waals surface area contributed by atoms with Crippen LogP contribution in [0, 0.1) is 5.41 Å². The van der Waals surface area contributed by atoms with E-state index in [2.05, 4.69) is 33.4 Å². The summed E-state index contributed by atoms with van der Waals surface area (Å²) in [7, 11) is 0. The molecule has 0 aromatic carbocycles. The molecule has 0 aromatic rings. The molecule has 0 aliphatic rings. The summed E-state index contributed by atoms with van der Waals surface area (Å²) >= 11 is 4.23. The summed E-state index contributed by atoms with van der Waals surface area (Å²) in [5.41, 5.74) is 0.535. The van der Waals surface area contributed by atoms with Crippen molar-refractivity contribution >= 4 is 12.6 Å². The standard InChI is InChI=1S/C16H34S/c1-16(2,3)14-12-10-8-6-4-5-7-9-11-13-15-17/h17H,4-15H2,1-3H3. The van der Waals surface area contributed by atoms with Gasteiger partial charge < -0.3 is 0 Å². The zero-order valence-electron chi connectivity index (χ0n) is 12.4. The van der Waals surface area contributed by atoms with Crippen molar-refractivity contribution < 1.29 is 0 Å². The van der Waals surface area contributed by atoms with Crippen molar-refractivity contribution in [3.63, 3.8) is 0 Å². The van der Waals surface area contributed by atoms with Gasteiger partial charge in [0.15, 0.2) is 0 Å². The summed E-state index contributed by atoms with van der Waals surface area (Å²) in [6.45, 7) is 7.04. The smallest absolute Gasteiger partial charge is 0.00979 e. The minimum atomic E-state index is 0.535. The van der Waals surface area contributed by atoms with Crippen LogP contribution in [-0.2, 0) is 0 Å². The Labute approximate surface area is 115 Å². The van der Waals surface area contributed by atoms with E-state index in [1.165, 1.54) is 70.6 Å². The Kier molecular flexibility index (Phi) is 11.7. The van der Waals surface area contributed by atoms with Crippen LogP contribution in [0.3, 0.4) is 0 Å². The summed E-state index contributed by atoms with van der Waals surface area (Å²) in [6.07, 6.45) is 15.6. The molecule has 0 amide bonds. The Hall–Kier alpha value is 0.350. The van der Waals surface area contributed by atoms with Crippen LogP contribution in [0.5, 0.6) is 0 Å². The van der Waals surface area contributed by atoms with E-state index in [1.807, 2.05) is 0 Å². The maximum atomic E-state index is 4.23. The predicted molar refractivity (Wildman–Crippen MR) is 84.1 cm³/mol. The second kappa shape index (κ2) is 11.4. The van der Waals surface area contributed by atoms with Crippen molar-refractivity contribution in [3.05, 3.63) is 0 Å². The molecule has 0 aromatic heterocycles. The average molecular weight is 259 g/mol. The zero-order valence-corrected chi connectivity index (χ0v) is 13.3. The molecule has 0 N–H and O–H groups in total.